The lowest BCUT2D eigenvalue weighted by molar-refractivity contribution is 0.607. The van der Waals surface area contributed by atoms with Crippen molar-refractivity contribution in [1.29, 1.82) is 0 Å². The molecule has 0 spiro atoms. The molecule has 16 heavy (non-hydrogen) atoms. The molecule has 0 aliphatic rings. The minimum absolute atomic E-state index is 0.234. The zero-order valence-electron chi connectivity index (χ0n) is 8.70. The average molecular weight is 238 g/mol. The Morgan fingerprint density at radius 3 is 2.88 bits per heavy atom. The molecule has 0 unspecified atom stereocenters. The van der Waals surface area contributed by atoms with E-state index in [-0.39, 0.29) is 5.82 Å². The lowest BCUT2D eigenvalue weighted by Crippen LogP contribution is -2.16. The third-order valence-corrected chi connectivity index (χ3v) is 2.50. The van der Waals surface area contributed by atoms with E-state index in [1.165, 1.54) is 6.07 Å². The van der Waals surface area contributed by atoms with Gasteiger partial charge in [-0.15, -0.1) is 0 Å². The molecule has 0 aliphatic heterocycles. The summed E-state index contributed by atoms with van der Waals surface area (Å²) in [6.07, 6.45) is 0. The Hall–Kier alpha value is -1.69. The molecule has 0 radical (unpaired) electrons. The van der Waals surface area contributed by atoms with Crippen LogP contribution in [0.25, 0.3) is 0 Å². The van der Waals surface area contributed by atoms with Gasteiger partial charge in [-0.1, -0.05) is 18.2 Å². The van der Waals surface area contributed by atoms with Crippen LogP contribution in [-0.4, -0.2) is 14.9 Å². The van der Waals surface area contributed by atoms with Crippen molar-refractivity contribution in [3.05, 3.63) is 46.2 Å². The Morgan fingerprint density at radius 2 is 2.25 bits per heavy atom. The maximum absolute atomic E-state index is 13.3. The quantitative estimate of drug-likeness (QED) is 0.805. The molecule has 0 aliphatic carbocycles. The number of aromatic amines is 1. The van der Waals surface area contributed by atoms with Crippen LogP contribution in [0.5, 0.6) is 0 Å². The van der Waals surface area contributed by atoms with E-state index in [1.54, 1.807) is 29.8 Å². The first kappa shape index (κ1) is 10.8. The van der Waals surface area contributed by atoms with Crippen LogP contribution in [0.1, 0.15) is 11.4 Å². The van der Waals surface area contributed by atoms with Crippen molar-refractivity contribution in [2.75, 3.05) is 5.43 Å². The zero-order chi connectivity index (χ0) is 11.5. The number of hydrogen-bond acceptors (Lipinski definition) is 3. The van der Waals surface area contributed by atoms with Crippen molar-refractivity contribution < 1.29 is 4.39 Å². The molecule has 2 N–H and O–H groups in total. The molecular weight excluding hydrogens is 227 g/mol. The van der Waals surface area contributed by atoms with E-state index in [0.717, 1.165) is 0 Å². The first-order valence-corrected chi connectivity index (χ1v) is 5.20. The fourth-order valence-corrected chi connectivity index (χ4v) is 1.61. The lowest BCUT2D eigenvalue weighted by Gasteiger charge is -2.08. The number of aryl methyl sites for hydroxylation is 1. The molecule has 0 saturated heterocycles. The van der Waals surface area contributed by atoms with E-state index in [4.69, 9.17) is 12.2 Å². The highest BCUT2D eigenvalue weighted by Crippen LogP contribution is 2.06. The first-order valence-electron chi connectivity index (χ1n) is 4.80. The van der Waals surface area contributed by atoms with Crippen molar-refractivity contribution in [2.45, 2.75) is 13.5 Å². The second-order valence-electron chi connectivity index (χ2n) is 3.34. The van der Waals surface area contributed by atoms with Gasteiger partial charge in [0.05, 0.1) is 6.54 Å². The normalized spacial score (nSPS) is 10.4. The molecule has 2 rings (SSSR count). The Labute approximate surface area is 97.1 Å². The van der Waals surface area contributed by atoms with Crippen molar-refractivity contribution in [3.63, 3.8) is 0 Å². The molecule has 0 bridgehead atoms. The van der Waals surface area contributed by atoms with E-state index in [9.17, 15) is 4.39 Å². The Morgan fingerprint density at radius 1 is 1.50 bits per heavy atom. The molecule has 4 nitrogen and oxygen atoms in total. The number of nitrogens with one attached hydrogen (secondary N) is 2. The summed E-state index contributed by atoms with van der Waals surface area (Å²) in [5, 5.41) is 6.59. The van der Waals surface area contributed by atoms with Gasteiger partial charge in [0.25, 0.3) is 0 Å². The molecule has 1 aromatic heterocycles. The summed E-state index contributed by atoms with van der Waals surface area (Å²) in [7, 11) is 0. The average Bonchev–Trinajstić information content (AvgIpc) is 2.58. The smallest absolute Gasteiger partial charge is 0.214 e. The number of benzene rings is 1. The molecule has 6 heteroatoms. The minimum atomic E-state index is -0.234. The highest BCUT2D eigenvalue weighted by atomic mass is 32.1. The summed E-state index contributed by atoms with van der Waals surface area (Å²) in [6.45, 7) is 2.17. The highest BCUT2D eigenvalue weighted by Gasteiger charge is 2.02. The van der Waals surface area contributed by atoms with Crippen LogP contribution in [0.15, 0.2) is 24.3 Å². The molecule has 84 valence electrons. The van der Waals surface area contributed by atoms with E-state index in [2.05, 4.69) is 15.6 Å². The van der Waals surface area contributed by atoms with Crippen LogP contribution >= 0.6 is 12.2 Å². The van der Waals surface area contributed by atoms with E-state index in [0.29, 0.717) is 22.7 Å². The number of H-pyrrole nitrogens is 1. The van der Waals surface area contributed by atoms with Gasteiger partial charge in [-0.2, -0.15) is 5.10 Å². The lowest BCUT2D eigenvalue weighted by atomic mass is 10.2. The molecule has 0 amide bonds. The largest absolute Gasteiger partial charge is 0.318 e. The molecule has 2 aromatic rings. The topological polar surface area (TPSA) is 45.6 Å². The summed E-state index contributed by atoms with van der Waals surface area (Å²) >= 11 is 5.01. The van der Waals surface area contributed by atoms with Gasteiger partial charge in [0.1, 0.15) is 11.6 Å². The van der Waals surface area contributed by atoms with Gasteiger partial charge in [0.15, 0.2) is 0 Å². The summed E-state index contributed by atoms with van der Waals surface area (Å²) in [4.78, 5) is 0. The molecule has 1 heterocycles. The highest BCUT2D eigenvalue weighted by molar-refractivity contribution is 7.71. The second kappa shape index (κ2) is 4.44. The fourth-order valence-electron chi connectivity index (χ4n) is 1.37. The summed E-state index contributed by atoms with van der Waals surface area (Å²) < 4.78 is 15.4. The van der Waals surface area contributed by atoms with Gasteiger partial charge >= 0.3 is 0 Å². The van der Waals surface area contributed by atoms with Gasteiger partial charge in [0.2, 0.25) is 4.77 Å². The van der Waals surface area contributed by atoms with Crippen LogP contribution in [0.4, 0.5) is 4.39 Å². The predicted octanol–water partition coefficient (Wildman–Crippen LogP) is 2.13. The van der Waals surface area contributed by atoms with Crippen LogP contribution in [-0.2, 0) is 6.54 Å². The third-order valence-electron chi connectivity index (χ3n) is 2.23. The second-order valence-corrected chi connectivity index (χ2v) is 3.72. The standard InChI is InChI=1S/C10H11FN4S/c1-7-13-14-10(16)15(7)12-6-8-4-2-3-5-9(8)11/h2-5,12H,6H2,1H3,(H,14,16). The number of halogens is 1. The molecule has 1 aromatic carbocycles. The summed E-state index contributed by atoms with van der Waals surface area (Å²) in [6, 6.07) is 6.61. The van der Waals surface area contributed by atoms with Crippen LogP contribution in [0.2, 0.25) is 0 Å². The Kier molecular flexibility index (Phi) is 3.00. The zero-order valence-corrected chi connectivity index (χ0v) is 9.51. The van der Waals surface area contributed by atoms with Crippen LogP contribution in [0.3, 0.4) is 0 Å². The first-order chi connectivity index (χ1) is 7.68. The number of aromatic nitrogens is 3. The Balaban J connectivity index is 2.14. The number of hydrogen-bond donors (Lipinski definition) is 2. The van der Waals surface area contributed by atoms with Gasteiger partial charge in [-0.3, -0.25) is 5.10 Å². The van der Waals surface area contributed by atoms with E-state index in [1.807, 2.05) is 0 Å². The molecule has 0 saturated carbocycles. The van der Waals surface area contributed by atoms with Crippen LogP contribution < -0.4 is 5.43 Å². The SMILES string of the molecule is Cc1n[nH]c(=S)n1NCc1ccccc1F. The molecule has 0 atom stereocenters. The number of nitrogens with zero attached hydrogens (tertiary/aromatic N) is 2. The minimum Gasteiger partial charge on any atom is -0.318 e. The monoisotopic (exact) mass is 238 g/mol. The van der Waals surface area contributed by atoms with Gasteiger partial charge in [0, 0.05) is 5.56 Å². The summed E-state index contributed by atoms with van der Waals surface area (Å²) in [5.74, 6) is 0.476. The number of rotatable bonds is 3. The predicted molar refractivity (Wildman–Crippen MR) is 61.6 cm³/mol. The fraction of sp³-hybridized carbons (Fsp3) is 0.200. The van der Waals surface area contributed by atoms with Crippen LogP contribution in [0, 0.1) is 17.5 Å². The van der Waals surface area contributed by atoms with E-state index >= 15 is 0 Å². The Bertz CT molecular complexity index is 546. The molecule has 0 fully saturated rings. The maximum atomic E-state index is 13.3. The summed E-state index contributed by atoms with van der Waals surface area (Å²) in [5.41, 5.74) is 3.59. The maximum Gasteiger partial charge on any atom is 0.214 e. The van der Waals surface area contributed by atoms with Gasteiger partial charge in [-0.05, 0) is 25.2 Å². The van der Waals surface area contributed by atoms with Gasteiger partial charge in [-0.25, -0.2) is 9.07 Å². The van der Waals surface area contributed by atoms with Crippen molar-refractivity contribution in [1.82, 2.24) is 14.9 Å². The van der Waals surface area contributed by atoms with Crippen molar-refractivity contribution in [2.24, 2.45) is 0 Å². The van der Waals surface area contributed by atoms with Gasteiger partial charge < -0.3 is 5.43 Å². The third kappa shape index (κ3) is 2.11. The van der Waals surface area contributed by atoms with Crippen molar-refractivity contribution in [3.8, 4) is 0 Å². The van der Waals surface area contributed by atoms with E-state index < -0.39 is 0 Å². The van der Waals surface area contributed by atoms with Crippen molar-refractivity contribution >= 4 is 12.2 Å². The molecular formula is C10H11FN4S.